The predicted octanol–water partition coefficient (Wildman–Crippen LogP) is 3.68. The summed E-state index contributed by atoms with van der Waals surface area (Å²) in [5, 5.41) is 6.03. The third-order valence-corrected chi connectivity index (χ3v) is 3.36. The van der Waals surface area contributed by atoms with Gasteiger partial charge in [-0.15, -0.1) is 0 Å². The monoisotopic (exact) mass is 252 g/mol. The summed E-state index contributed by atoms with van der Waals surface area (Å²) in [5.74, 6) is 0.854. The van der Waals surface area contributed by atoms with E-state index in [-0.39, 0.29) is 6.04 Å². The lowest BCUT2D eigenvalue weighted by atomic mass is 10.00. The van der Waals surface area contributed by atoms with Gasteiger partial charge in [0.2, 0.25) is 0 Å². The molecule has 0 saturated heterocycles. The molecule has 0 aliphatic rings. The molecule has 3 heteroatoms. The highest BCUT2D eigenvalue weighted by Crippen LogP contribution is 2.24. The second kappa shape index (κ2) is 5.24. The van der Waals surface area contributed by atoms with Crippen LogP contribution in [0.15, 0.2) is 59.5 Å². The Labute approximate surface area is 112 Å². The zero-order chi connectivity index (χ0) is 13.1. The Bertz CT molecular complexity index is 656. The molecule has 3 rings (SSSR count). The molecule has 0 spiro atoms. The van der Waals surface area contributed by atoms with Crippen LogP contribution in [0, 0.1) is 0 Å². The van der Waals surface area contributed by atoms with Crippen molar-refractivity contribution in [1.29, 1.82) is 0 Å². The van der Waals surface area contributed by atoms with Gasteiger partial charge < -0.3 is 9.73 Å². The Morgan fingerprint density at radius 1 is 1.16 bits per heavy atom. The number of nitrogens with zero attached hydrogens (tertiary/aromatic N) is 1. The minimum absolute atomic E-state index is 0.260. The first-order valence-corrected chi connectivity index (χ1v) is 6.43. The smallest absolute Gasteiger partial charge is 0.180 e. The first kappa shape index (κ1) is 11.9. The first-order valence-electron chi connectivity index (χ1n) is 6.43. The molecule has 0 fully saturated rings. The van der Waals surface area contributed by atoms with Crippen molar-refractivity contribution >= 4 is 10.8 Å². The van der Waals surface area contributed by atoms with Gasteiger partial charge in [-0.3, -0.25) is 0 Å². The van der Waals surface area contributed by atoms with Gasteiger partial charge in [0.1, 0.15) is 5.76 Å². The molecular weight excluding hydrogens is 236 g/mol. The van der Waals surface area contributed by atoms with Gasteiger partial charge in [0.15, 0.2) is 6.39 Å². The minimum atomic E-state index is 0.260. The van der Waals surface area contributed by atoms with E-state index in [0.29, 0.717) is 6.54 Å². The van der Waals surface area contributed by atoms with Crippen molar-refractivity contribution in [1.82, 2.24) is 10.3 Å². The summed E-state index contributed by atoms with van der Waals surface area (Å²) in [6.07, 6.45) is 3.20. The highest BCUT2D eigenvalue weighted by molar-refractivity contribution is 5.86. The van der Waals surface area contributed by atoms with E-state index in [1.165, 1.54) is 22.7 Å². The highest BCUT2D eigenvalue weighted by atomic mass is 16.3. The lowest BCUT2D eigenvalue weighted by Gasteiger charge is -2.15. The summed E-state index contributed by atoms with van der Waals surface area (Å²) in [6.45, 7) is 2.85. The van der Waals surface area contributed by atoms with E-state index in [2.05, 4.69) is 59.7 Å². The summed E-state index contributed by atoms with van der Waals surface area (Å²) < 4.78 is 5.23. The number of rotatable bonds is 4. The van der Waals surface area contributed by atoms with Gasteiger partial charge in [-0.05, 0) is 23.3 Å². The summed E-state index contributed by atoms with van der Waals surface area (Å²) in [4.78, 5) is 3.92. The number of fused-ring (bicyclic) bond motifs is 1. The summed E-state index contributed by atoms with van der Waals surface area (Å²) in [5.41, 5.74) is 1.30. The van der Waals surface area contributed by atoms with Gasteiger partial charge >= 0.3 is 0 Å². The Balaban J connectivity index is 1.83. The molecule has 1 unspecified atom stereocenters. The molecule has 19 heavy (non-hydrogen) atoms. The lowest BCUT2D eigenvalue weighted by molar-refractivity contribution is 0.458. The molecule has 0 radical (unpaired) electrons. The molecule has 0 aliphatic carbocycles. The van der Waals surface area contributed by atoms with E-state index in [1.54, 1.807) is 6.20 Å². The Morgan fingerprint density at radius 3 is 2.84 bits per heavy atom. The van der Waals surface area contributed by atoms with Crippen LogP contribution >= 0.6 is 0 Å². The molecule has 0 saturated carbocycles. The van der Waals surface area contributed by atoms with Gasteiger partial charge in [0.25, 0.3) is 0 Å². The number of hydrogen-bond donors (Lipinski definition) is 1. The van der Waals surface area contributed by atoms with Crippen LogP contribution in [0.3, 0.4) is 0 Å². The van der Waals surface area contributed by atoms with Gasteiger partial charge in [0, 0.05) is 6.04 Å². The van der Waals surface area contributed by atoms with Crippen molar-refractivity contribution in [2.24, 2.45) is 0 Å². The predicted molar refractivity (Wildman–Crippen MR) is 75.7 cm³/mol. The fraction of sp³-hybridized carbons (Fsp3) is 0.188. The Hall–Kier alpha value is -2.13. The van der Waals surface area contributed by atoms with Crippen molar-refractivity contribution in [2.45, 2.75) is 19.5 Å². The summed E-state index contributed by atoms with van der Waals surface area (Å²) in [7, 11) is 0. The SMILES string of the molecule is CC(NCc1cnco1)c1cccc2ccccc12. The summed E-state index contributed by atoms with van der Waals surface area (Å²) in [6, 6.07) is 15.1. The quantitative estimate of drug-likeness (QED) is 0.769. The van der Waals surface area contributed by atoms with E-state index in [9.17, 15) is 0 Å². The van der Waals surface area contributed by atoms with Crippen LogP contribution in [-0.4, -0.2) is 4.98 Å². The molecule has 2 aromatic carbocycles. The number of nitrogens with one attached hydrogen (secondary N) is 1. The van der Waals surface area contributed by atoms with Crippen molar-refractivity contribution in [3.05, 3.63) is 66.4 Å². The third-order valence-electron chi connectivity index (χ3n) is 3.36. The topological polar surface area (TPSA) is 38.1 Å². The van der Waals surface area contributed by atoms with E-state index >= 15 is 0 Å². The normalized spacial score (nSPS) is 12.7. The molecule has 1 aromatic heterocycles. The second-order valence-electron chi connectivity index (χ2n) is 4.64. The average Bonchev–Trinajstić information content (AvgIpc) is 2.97. The van der Waals surface area contributed by atoms with E-state index in [4.69, 9.17) is 4.42 Å². The molecule has 1 heterocycles. The fourth-order valence-corrected chi connectivity index (χ4v) is 2.32. The fourth-order valence-electron chi connectivity index (χ4n) is 2.32. The van der Waals surface area contributed by atoms with Crippen molar-refractivity contribution in [3.8, 4) is 0 Å². The van der Waals surface area contributed by atoms with Crippen LogP contribution < -0.4 is 5.32 Å². The molecule has 0 amide bonds. The first-order chi connectivity index (χ1) is 9.34. The van der Waals surface area contributed by atoms with Gasteiger partial charge in [-0.25, -0.2) is 4.98 Å². The van der Waals surface area contributed by atoms with Crippen molar-refractivity contribution in [3.63, 3.8) is 0 Å². The maximum absolute atomic E-state index is 5.23. The maximum Gasteiger partial charge on any atom is 0.180 e. The molecule has 3 aromatic rings. The van der Waals surface area contributed by atoms with E-state index in [1.807, 2.05) is 0 Å². The number of benzene rings is 2. The van der Waals surface area contributed by atoms with Gasteiger partial charge in [-0.2, -0.15) is 0 Å². The maximum atomic E-state index is 5.23. The summed E-state index contributed by atoms with van der Waals surface area (Å²) >= 11 is 0. The van der Waals surface area contributed by atoms with E-state index < -0.39 is 0 Å². The number of hydrogen-bond acceptors (Lipinski definition) is 3. The molecule has 96 valence electrons. The van der Waals surface area contributed by atoms with Gasteiger partial charge in [0.05, 0.1) is 12.7 Å². The lowest BCUT2D eigenvalue weighted by Crippen LogP contribution is -2.18. The number of oxazole rings is 1. The largest absolute Gasteiger partial charge is 0.447 e. The molecule has 0 bridgehead atoms. The average molecular weight is 252 g/mol. The Morgan fingerprint density at radius 2 is 2.00 bits per heavy atom. The standard InChI is InChI=1S/C16H16N2O/c1-12(18-10-14-9-17-11-19-14)15-8-4-6-13-5-2-3-7-16(13)15/h2-9,11-12,18H,10H2,1H3. The number of aromatic nitrogens is 1. The minimum Gasteiger partial charge on any atom is -0.447 e. The molecule has 1 atom stereocenters. The van der Waals surface area contributed by atoms with Gasteiger partial charge in [-0.1, -0.05) is 42.5 Å². The van der Waals surface area contributed by atoms with E-state index in [0.717, 1.165) is 5.76 Å². The molecular formula is C16H16N2O. The Kier molecular flexibility index (Phi) is 3.29. The van der Waals surface area contributed by atoms with Crippen LogP contribution in [0.1, 0.15) is 24.3 Å². The van der Waals surface area contributed by atoms with Crippen molar-refractivity contribution < 1.29 is 4.42 Å². The molecule has 3 nitrogen and oxygen atoms in total. The zero-order valence-corrected chi connectivity index (χ0v) is 10.8. The van der Waals surface area contributed by atoms with Crippen LogP contribution in [0.2, 0.25) is 0 Å². The van der Waals surface area contributed by atoms with Crippen LogP contribution in [0.4, 0.5) is 0 Å². The zero-order valence-electron chi connectivity index (χ0n) is 10.8. The van der Waals surface area contributed by atoms with Crippen LogP contribution in [-0.2, 0) is 6.54 Å². The van der Waals surface area contributed by atoms with Crippen LogP contribution in [0.25, 0.3) is 10.8 Å². The highest BCUT2D eigenvalue weighted by Gasteiger charge is 2.09. The molecule has 0 aliphatic heterocycles. The van der Waals surface area contributed by atoms with Crippen LogP contribution in [0.5, 0.6) is 0 Å². The van der Waals surface area contributed by atoms with Crippen molar-refractivity contribution in [2.75, 3.05) is 0 Å². The second-order valence-corrected chi connectivity index (χ2v) is 4.64. The molecule has 1 N–H and O–H groups in total. The third kappa shape index (κ3) is 2.51.